The summed E-state index contributed by atoms with van der Waals surface area (Å²) in [7, 11) is 0. The van der Waals surface area contributed by atoms with Gasteiger partial charge in [-0.15, -0.1) is 0 Å². The van der Waals surface area contributed by atoms with E-state index in [1.165, 1.54) is 0 Å². The van der Waals surface area contributed by atoms with Gasteiger partial charge in [0.1, 0.15) is 5.75 Å². The highest BCUT2D eigenvalue weighted by Crippen LogP contribution is 2.12. The number of hydrogen-bond donors (Lipinski definition) is 3. The molecule has 1 aromatic carbocycles. The SMILES string of the molecule is CC(C)C(CO)NC(=O)COc1ccc(N)cc1. The summed E-state index contributed by atoms with van der Waals surface area (Å²) in [6.07, 6.45) is 0. The molecule has 5 heteroatoms. The number of aliphatic hydroxyl groups is 1. The number of ether oxygens (including phenoxy) is 1. The molecule has 0 saturated heterocycles. The number of nitrogens with two attached hydrogens (primary N) is 1. The lowest BCUT2D eigenvalue weighted by Crippen LogP contribution is -2.43. The first-order valence-electron chi connectivity index (χ1n) is 5.91. The third kappa shape index (κ3) is 4.63. The molecule has 0 saturated carbocycles. The highest BCUT2D eigenvalue weighted by Gasteiger charge is 2.15. The first-order chi connectivity index (χ1) is 8.52. The van der Waals surface area contributed by atoms with Gasteiger partial charge in [0, 0.05) is 5.69 Å². The van der Waals surface area contributed by atoms with Gasteiger partial charge in [0.2, 0.25) is 0 Å². The van der Waals surface area contributed by atoms with Crippen molar-refractivity contribution in [2.24, 2.45) is 5.92 Å². The molecule has 0 aliphatic carbocycles. The van der Waals surface area contributed by atoms with E-state index < -0.39 is 0 Å². The molecular formula is C13H20N2O3. The third-order valence-electron chi connectivity index (χ3n) is 2.60. The number of carbonyl (C=O) groups is 1. The van der Waals surface area contributed by atoms with E-state index in [2.05, 4.69) is 5.32 Å². The van der Waals surface area contributed by atoms with Crippen LogP contribution < -0.4 is 15.8 Å². The fourth-order valence-electron chi connectivity index (χ4n) is 1.38. The molecule has 18 heavy (non-hydrogen) atoms. The van der Waals surface area contributed by atoms with Gasteiger partial charge in [0.15, 0.2) is 6.61 Å². The number of benzene rings is 1. The Hall–Kier alpha value is -1.75. The highest BCUT2D eigenvalue weighted by atomic mass is 16.5. The molecule has 0 fully saturated rings. The average molecular weight is 252 g/mol. The van der Waals surface area contributed by atoms with E-state index in [0.717, 1.165) is 0 Å². The van der Waals surface area contributed by atoms with E-state index in [-0.39, 0.29) is 31.1 Å². The smallest absolute Gasteiger partial charge is 0.258 e. The van der Waals surface area contributed by atoms with Crippen molar-refractivity contribution in [3.05, 3.63) is 24.3 Å². The molecule has 0 radical (unpaired) electrons. The molecule has 0 bridgehead atoms. The molecule has 1 rings (SSSR count). The Morgan fingerprint density at radius 3 is 2.50 bits per heavy atom. The van der Waals surface area contributed by atoms with Crippen LogP contribution in [-0.2, 0) is 4.79 Å². The average Bonchev–Trinajstić information content (AvgIpc) is 2.35. The number of amides is 1. The number of aliphatic hydroxyl groups excluding tert-OH is 1. The number of nitrogens with one attached hydrogen (secondary N) is 1. The van der Waals surface area contributed by atoms with E-state index in [0.29, 0.717) is 11.4 Å². The van der Waals surface area contributed by atoms with E-state index >= 15 is 0 Å². The Morgan fingerprint density at radius 2 is 2.00 bits per heavy atom. The Bertz CT molecular complexity index is 376. The zero-order valence-electron chi connectivity index (χ0n) is 10.7. The monoisotopic (exact) mass is 252 g/mol. The number of hydrogen-bond acceptors (Lipinski definition) is 4. The van der Waals surface area contributed by atoms with Crippen LogP contribution in [0.25, 0.3) is 0 Å². The number of nitrogen functional groups attached to an aromatic ring is 1. The molecule has 1 unspecified atom stereocenters. The minimum atomic E-state index is -0.250. The van der Waals surface area contributed by atoms with E-state index in [1.807, 2.05) is 13.8 Å². The fourth-order valence-corrected chi connectivity index (χ4v) is 1.38. The maximum atomic E-state index is 11.6. The minimum Gasteiger partial charge on any atom is -0.484 e. The van der Waals surface area contributed by atoms with Gasteiger partial charge in [-0.3, -0.25) is 4.79 Å². The second-order valence-corrected chi connectivity index (χ2v) is 4.46. The summed E-state index contributed by atoms with van der Waals surface area (Å²) >= 11 is 0. The van der Waals surface area contributed by atoms with Crippen LogP contribution in [-0.4, -0.2) is 30.3 Å². The third-order valence-corrected chi connectivity index (χ3v) is 2.60. The Labute approximate surface area is 107 Å². The number of anilines is 1. The van der Waals surface area contributed by atoms with Gasteiger partial charge in [-0.1, -0.05) is 13.8 Å². The summed E-state index contributed by atoms with van der Waals surface area (Å²) < 4.78 is 5.30. The molecular weight excluding hydrogens is 232 g/mol. The van der Waals surface area contributed by atoms with Gasteiger partial charge in [0.05, 0.1) is 12.6 Å². The summed E-state index contributed by atoms with van der Waals surface area (Å²) in [6.45, 7) is 3.71. The topological polar surface area (TPSA) is 84.6 Å². The van der Waals surface area contributed by atoms with Crippen molar-refractivity contribution in [2.45, 2.75) is 19.9 Å². The van der Waals surface area contributed by atoms with Crippen LogP contribution in [0.4, 0.5) is 5.69 Å². The van der Waals surface area contributed by atoms with Gasteiger partial charge in [-0.2, -0.15) is 0 Å². The van der Waals surface area contributed by atoms with Crippen molar-refractivity contribution in [3.8, 4) is 5.75 Å². The van der Waals surface area contributed by atoms with Crippen molar-refractivity contribution >= 4 is 11.6 Å². The second-order valence-electron chi connectivity index (χ2n) is 4.46. The van der Waals surface area contributed by atoms with Crippen molar-refractivity contribution in [3.63, 3.8) is 0 Å². The lowest BCUT2D eigenvalue weighted by atomic mass is 10.1. The molecule has 0 spiro atoms. The number of carbonyl (C=O) groups excluding carboxylic acids is 1. The molecule has 4 N–H and O–H groups in total. The zero-order chi connectivity index (χ0) is 13.5. The molecule has 0 heterocycles. The second kappa shape index (κ2) is 6.86. The standard InChI is InChI=1S/C13H20N2O3/c1-9(2)12(7-16)15-13(17)8-18-11-5-3-10(14)4-6-11/h3-6,9,12,16H,7-8,14H2,1-2H3,(H,15,17). The number of rotatable bonds is 6. The van der Waals surface area contributed by atoms with E-state index in [1.54, 1.807) is 24.3 Å². The van der Waals surface area contributed by atoms with Crippen LogP contribution in [0, 0.1) is 5.92 Å². The van der Waals surface area contributed by atoms with E-state index in [9.17, 15) is 4.79 Å². The predicted molar refractivity (Wildman–Crippen MR) is 70.2 cm³/mol. The van der Waals surface area contributed by atoms with Gasteiger partial charge in [-0.25, -0.2) is 0 Å². The molecule has 5 nitrogen and oxygen atoms in total. The lowest BCUT2D eigenvalue weighted by molar-refractivity contribution is -0.124. The summed E-state index contributed by atoms with van der Waals surface area (Å²) in [6, 6.07) is 6.58. The summed E-state index contributed by atoms with van der Waals surface area (Å²) in [5, 5.41) is 11.8. The Balaban J connectivity index is 2.39. The molecule has 1 atom stereocenters. The molecule has 1 amide bonds. The first-order valence-corrected chi connectivity index (χ1v) is 5.91. The largest absolute Gasteiger partial charge is 0.484 e. The molecule has 0 aliphatic rings. The van der Waals surface area contributed by atoms with Crippen LogP contribution in [0.1, 0.15) is 13.8 Å². The summed E-state index contributed by atoms with van der Waals surface area (Å²) in [4.78, 5) is 11.6. The predicted octanol–water partition coefficient (Wildman–Crippen LogP) is 0.781. The quantitative estimate of drug-likeness (QED) is 0.653. The van der Waals surface area contributed by atoms with Crippen LogP contribution in [0.3, 0.4) is 0 Å². The molecule has 1 aromatic rings. The molecule has 100 valence electrons. The van der Waals surface area contributed by atoms with Gasteiger partial charge >= 0.3 is 0 Å². The highest BCUT2D eigenvalue weighted by molar-refractivity contribution is 5.77. The molecule has 0 aliphatic heterocycles. The van der Waals surface area contributed by atoms with Gasteiger partial charge in [-0.05, 0) is 30.2 Å². The van der Waals surface area contributed by atoms with Crippen LogP contribution in [0.5, 0.6) is 5.75 Å². The van der Waals surface area contributed by atoms with E-state index in [4.69, 9.17) is 15.6 Å². The van der Waals surface area contributed by atoms with Crippen molar-refractivity contribution in [1.29, 1.82) is 0 Å². The van der Waals surface area contributed by atoms with Crippen LogP contribution in [0.15, 0.2) is 24.3 Å². The first kappa shape index (κ1) is 14.3. The zero-order valence-corrected chi connectivity index (χ0v) is 10.7. The maximum absolute atomic E-state index is 11.6. The lowest BCUT2D eigenvalue weighted by Gasteiger charge is -2.19. The summed E-state index contributed by atoms with van der Waals surface area (Å²) in [5.74, 6) is 0.513. The van der Waals surface area contributed by atoms with Crippen LogP contribution >= 0.6 is 0 Å². The van der Waals surface area contributed by atoms with Crippen molar-refractivity contribution in [2.75, 3.05) is 18.9 Å². The van der Waals surface area contributed by atoms with Crippen LogP contribution in [0.2, 0.25) is 0 Å². The van der Waals surface area contributed by atoms with Crippen molar-refractivity contribution in [1.82, 2.24) is 5.32 Å². The molecule has 0 aromatic heterocycles. The normalized spacial score (nSPS) is 12.2. The fraction of sp³-hybridized carbons (Fsp3) is 0.462. The van der Waals surface area contributed by atoms with Crippen molar-refractivity contribution < 1.29 is 14.6 Å². The minimum absolute atomic E-state index is 0.0763. The Kier molecular flexibility index (Phi) is 5.45. The maximum Gasteiger partial charge on any atom is 0.258 e. The van der Waals surface area contributed by atoms with Gasteiger partial charge < -0.3 is 20.9 Å². The van der Waals surface area contributed by atoms with Gasteiger partial charge in [0.25, 0.3) is 5.91 Å². The Morgan fingerprint density at radius 1 is 1.39 bits per heavy atom. The summed E-state index contributed by atoms with van der Waals surface area (Å²) in [5.41, 5.74) is 6.18.